The Labute approximate surface area is 138 Å². The number of hydrogen-bond donors (Lipinski definition) is 3. The number of aliphatic hydroxyl groups is 1. The van der Waals surface area contributed by atoms with Crippen molar-refractivity contribution in [3.8, 4) is 0 Å². The number of nitrogens with one attached hydrogen (secondary N) is 2. The summed E-state index contributed by atoms with van der Waals surface area (Å²) in [5.41, 5.74) is 1.40. The predicted octanol–water partition coefficient (Wildman–Crippen LogP) is 2.92. The standard InChI is InChI=1S/C15H15Cl2N3O2/c16-11-3-4-12(13(17)6-11)14(21)9-20-15(22)19-8-10-2-1-5-18-7-10/h1-7,14,21H,8-9H2,(H2,19,20,22)/t14-/m1/s1. The van der Waals surface area contributed by atoms with E-state index in [2.05, 4.69) is 15.6 Å². The zero-order chi connectivity index (χ0) is 15.9. The van der Waals surface area contributed by atoms with Gasteiger partial charge in [0, 0.05) is 41.1 Å². The highest BCUT2D eigenvalue weighted by molar-refractivity contribution is 6.35. The molecule has 1 aromatic carbocycles. The number of amides is 2. The van der Waals surface area contributed by atoms with Crippen LogP contribution in [0.25, 0.3) is 0 Å². The molecule has 2 aromatic rings. The van der Waals surface area contributed by atoms with Crippen molar-refractivity contribution in [2.75, 3.05) is 6.54 Å². The van der Waals surface area contributed by atoms with Gasteiger partial charge in [-0.1, -0.05) is 35.3 Å². The Kier molecular flexibility index (Phi) is 6.00. The van der Waals surface area contributed by atoms with Gasteiger partial charge in [-0.15, -0.1) is 0 Å². The highest BCUT2D eigenvalue weighted by atomic mass is 35.5. The number of benzene rings is 1. The number of halogens is 2. The van der Waals surface area contributed by atoms with E-state index in [-0.39, 0.29) is 12.6 Å². The van der Waals surface area contributed by atoms with Crippen LogP contribution in [-0.4, -0.2) is 22.7 Å². The lowest BCUT2D eigenvalue weighted by Crippen LogP contribution is -2.37. The van der Waals surface area contributed by atoms with E-state index in [1.54, 1.807) is 36.7 Å². The molecule has 0 spiro atoms. The summed E-state index contributed by atoms with van der Waals surface area (Å²) in [6, 6.07) is 8.08. The van der Waals surface area contributed by atoms with Crippen LogP contribution in [0.2, 0.25) is 10.0 Å². The number of hydrogen-bond acceptors (Lipinski definition) is 3. The first-order valence-corrected chi connectivity index (χ1v) is 7.35. The highest BCUT2D eigenvalue weighted by Crippen LogP contribution is 2.25. The molecule has 0 saturated heterocycles. The molecular weight excluding hydrogens is 325 g/mol. The van der Waals surface area contributed by atoms with E-state index in [0.717, 1.165) is 5.56 Å². The molecular formula is C15H15Cl2N3O2. The van der Waals surface area contributed by atoms with E-state index in [1.165, 1.54) is 0 Å². The summed E-state index contributed by atoms with van der Waals surface area (Å²) < 4.78 is 0. The van der Waals surface area contributed by atoms with Crippen molar-refractivity contribution in [3.05, 3.63) is 63.9 Å². The topological polar surface area (TPSA) is 74.2 Å². The number of urea groups is 1. The Hall–Kier alpha value is -1.82. The van der Waals surface area contributed by atoms with E-state index < -0.39 is 6.10 Å². The third kappa shape index (κ3) is 4.87. The lowest BCUT2D eigenvalue weighted by Gasteiger charge is -2.14. The van der Waals surface area contributed by atoms with Crippen LogP contribution in [-0.2, 0) is 6.54 Å². The molecule has 0 fully saturated rings. The zero-order valence-corrected chi connectivity index (χ0v) is 13.1. The zero-order valence-electron chi connectivity index (χ0n) is 11.6. The van der Waals surface area contributed by atoms with E-state index in [0.29, 0.717) is 22.2 Å². The minimum Gasteiger partial charge on any atom is -0.387 e. The molecule has 0 bridgehead atoms. The van der Waals surface area contributed by atoms with Crippen LogP contribution in [0.1, 0.15) is 17.2 Å². The quantitative estimate of drug-likeness (QED) is 0.783. The smallest absolute Gasteiger partial charge is 0.315 e. The number of rotatable bonds is 5. The number of aliphatic hydroxyl groups excluding tert-OH is 1. The summed E-state index contributed by atoms with van der Waals surface area (Å²) in [4.78, 5) is 15.6. The summed E-state index contributed by atoms with van der Waals surface area (Å²) in [5.74, 6) is 0. The van der Waals surface area contributed by atoms with Crippen molar-refractivity contribution in [2.45, 2.75) is 12.6 Å². The molecule has 22 heavy (non-hydrogen) atoms. The second-order valence-electron chi connectivity index (χ2n) is 4.61. The lowest BCUT2D eigenvalue weighted by atomic mass is 10.1. The van der Waals surface area contributed by atoms with Gasteiger partial charge in [0.25, 0.3) is 0 Å². The number of aromatic nitrogens is 1. The maximum absolute atomic E-state index is 11.7. The summed E-state index contributed by atoms with van der Waals surface area (Å²) >= 11 is 11.8. The second kappa shape index (κ2) is 7.98. The minimum absolute atomic E-state index is 0.0419. The van der Waals surface area contributed by atoms with Gasteiger partial charge in [0.1, 0.15) is 0 Å². The Balaban J connectivity index is 1.80. The fourth-order valence-corrected chi connectivity index (χ4v) is 2.35. The molecule has 5 nitrogen and oxygen atoms in total. The van der Waals surface area contributed by atoms with Crippen molar-refractivity contribution in [1.82, 2.24) is 15.6 Å². The summed E-state index contributed by atoms with van der Waals surface area (Å²) in [6.45, 7) is 0.400. The molecule has 7 heteroatoms. The molecule has 2 rings (SSSR count). The molecule has 2 amide bonds. The molecule has 0 saturated carbocycles. The van der Waals surface area contributed by atoms with Crippen molar-refractivity contribution in [3.63, 3.8) is 0 Å². The Morgan fingerprint density at radius 2 is 2.09 bits per heavy atom. The number of nitrogens with zero attached hydrogens (tertiary/aromatic N) is 1. The largest absolute Gasteiger partial charge is 0.387 e. The van der Waals surface area contributed by atoms with Crippen molar-refractivity contribution in [1.29, 1.82) is 0 Å². The van der Waals surface area contributed by atoms with Gasteiger partial charge >= 0.3 is 6.03 Å². The first-order chi connectivity index (χ1) is 10.6. The van der Waals surface area contributed by atoms with Gasteiger partial charge < -0.3 is 15.7 Å². The van der Waals surface area contributed by atoms with Gasteiger partial charge in [-0.05, 0) is 23.8 Å². The molecule has 1 heterocycles. The van der Waals surface area contributed by atoms with Gasteiger partial charge in [0.15, 0.2) is 0 Å². The average Bonchev–Trinajstić information content (AvgIpc) is 2.51. The average molecular weight is 340 g/mol. The van der Waals surface area contributed by atoms with Crippen LogP contribution in [0.15, 0.2) is 42.7 Å². The van der Waals surface area contributed by atoms with Crippen LogP contribution in [0, 0.1) is 0 Å². The number of carbonyl (C=O) groups excluding carboxylic acids is 1. The molecule has 116 valence electrons. The van der Waals surface area contributed by atoms with Crippen molar-refractivity contribution < 1.29 is 9.90 Å². The molecule has 0 aliphatic rings. The molecule has 0 radical (unpaired) electrons. The van der Waals surface area contributed by atoms with Gasteiger partial charge in [-0.25, -0.2) is 4.79 Å². The Morgan fingerprint density at radius 1 is 1.27 bits per heavy atom. The van der Waals surface area contributed by atoms with Crippen LogP contribution >= 0.6 is 23.2 Å². The summed E-state index contributed by atoms with van der Waals surface area (Å²) in [7, 11) is 0. The van der Waals surface area contributed by atoms with E-state index in [4.69, 9.17) is 23.2 Å². The van der Waals surface area contributed by atoms with Crippen LogP contribution in [0.3, 0.4) is 0 Å². The van der Waals surface area contributed by atoms with Crippen LogP contribution in [0.4, 0.5) is 4.79 Å². The molecule has 0 unspecified atom stereocenters. The third-order valence-electron chi connectivity index (χ3n) is 2.95. The molecule has 1 aromatic heterocycles. The monoisotopic (exact) mass is 339 g/mol. The molecule has 0 aliphatic heterocycles. The minimum atomic E-state index is -0.908. The normalized spacial score (nSPS) is 11.8. The van der Waals surface area contributed by atoms with Crippen LogP contribution < -0.4 is 10.6 Å². The van der Waals surface area contributed by atoms with E-state index >= 15 is 0 Å². The first kappa shape index (κ1) is 16.5. The Bertz CT molecular complexity index is 638. The van der Waals surface area contributed by atoms with E-state index in [1.807, 2.05) is 6.07 Å². The second-order valence-corrected chi connectivity index (χ2v) is 5.45. The fourth-order valence-electron chi connectivity index (χ4n) is 1.82. The van der Waals surface area contributed by atoms with Crippen molar-refractivity contribution in [2.24, 2.45) is 0 Å². The molecule has 3 N–H and O–H groups in total. The van der Waals surface area contributed by atoms with Gasteiger partial charge in [-0.3, -0.25) is 4.98 Å². The fraction of sp³-hybridized carbons (Fsp3) is 0.200. The van der Waals surface area contributed by atoms with Gasteiger partial charge in [0.2, 0.25) is 0 Å². The first-order valence-electron chi connectivity index (χ1n) is 6.60. The highest BCUT2D eigenvalue weighted by Gasteiger charge is 2.13. The van der Waals surface area contributed by atoms with Gasteiger partial charge in [0.05, 0.1) is 6.10 Å². The third-order valence-corrected chi connectivity index (χ3v) is 3.52. The molecule has 1 atom stereocenters. The SMILES string of the molecule is O=C(NCc1cccnc1)NC[C@@H](O)c1ccc(Cl)cc1Cl. The number of carbonyl (C=O) groups is 1. The van der Waals surface area contributed by atoms with Crippen LogP contribution in [0.5, 0.6) is 0 Å². The number of pyridine rings is 1. The summed E-state index contributed by atoms with van der Waals surface area (Å²) in [6.07, 6.45) is 2.42. The lowest BCUT2D eigenvalue weighted by molar-refractivity contribution is 0.173. The van der Waals surface area contributed by atoms with Crippen molar-refractivity contribution >= 4 is 29.2 Å². The Morgan fingerprint density at radius 3 is 2.77 bits per heavy atom. The van der Waals surface area contributed by atoms with E-state index in [9.17, 15) is 9.90 Å². The summed E-state index contributed by atoms with van der Waals surface area (Å²) in [5, 5.41) is 16.1. The maximum Gasteiger partial charge on any atom is 0.315 e. The predicted molar refractivity (Wildman–Crippen MR) is 85.9 cm³/mol. The van der Waals surface area contributed by atoms with Gasteiger partial charge in [-0.2, -0.15) is 0 Å². The molecule has 0 aliphatic carbocycles. The maximum atomic E-state index is 11.7.